The summed E-state index contributed by atoms with van der Waals surface area (Å²) in [4.78, 5) is 0. The van der Waals surface area contributed by atoms with E-state index in [0.29, 0.717) is 19.1 Å². The second-order valence-corrected chi connectivity index (χ2v) is 8.57. The van der Waals surface area contributed by atoms with Gasteiger partial charge in [-0.3, -0.25) is 0 Å². The normalized spacial score (nSPS) is 25.3. The Kier molecular flexibility index (Phi) is 12.4. The molecule has 0 unspecified atom stereocenters. The summed E-state index contributed by atoms with van der Waals surface area (Å²) < 4.78 is 35.1. The lowest BCUT2D eigenvalue weighted by Crippen LogP contribution is -2.07. The molecule has 0 atom stereocenters. The van der Waals surface area contributed by atoms with Gasteiger partial charge in [0.15, 0.2) is 9.84 Å². The number of nitrogens with one attached hydrogen (secondary N) is 1. The fourth-order valence-corrected chi connectivity index (χ4v) is 3.92. The number of thioether (sulfide) groups is 1. The highest BCUT2D eigenvalue weighted by Gasteiger charge is 2.15. The van der Waals surface area contributed by atoms with Gasteiger partial charge in [0.05, 0.1) is 24.8 Å². The van der Waals surface area contributed by atoms with Gasteiger partial charge in [-0.15, -0.1) is 0 Å². The summed E-state index contributed by atoms with van der Waals surface area (Å²) in [5.41, 5.74) is 0. The van der Waals surface area contributed by atoms with Gasteiger partial charge >= 0.3 is 0 Å². The van der Waals surface area contributed by atoms with Crippen molar-refractivity contribution < 1.29 is 22.6 Å². The Morgan fingerprint density at radius 1 is 0.818 bits per heavy atom. The van der Waals surface area contributed by atoms with E-state index in [1.54, 1.807) is 0 Å². The van der Waals surface area contributed by atoms with E-state index in [-0.39, 0.29) is 5.88 Å². The Morgan fingerprint density at radius 3 is 1.64 bits per heavy atom. The number of rotatable bonds is 0. The Bertz CT molecular complexity index is 281. The van der Waals surface area contributed by atoms with Gasteiger partial charge in [0.2, 0.25) is 0 Å². The third-order valence-electron chi connectivity index (χ3n) is 3.11. The van der Waals surface area contributed by atoms with Crippen molar-refractivity contribution in [1.29, 1.82) is 0 Å². The van der Waals surface area contributed by atoms with Crippen LogP contribution in [0.2, 0.25) is 0 Å². The third kappa shape index (κ3) is 12.7. The van der Waals surface area contributed by atoms with E-state index in [1.807, 2.05) is 0 Å². The summed E-state index contributed by atoms with van der Waals surface area (Å²) in [5, 5.41) is 2.72. The van der Waals surface area contributed by atoms with Gasteiger partial charge in [0, 0.05) is 19.8 Å². The van der Waals surface area contributed by atoms with Gasteiger partial charge in [-0.2, -0.15) is 11.8 Å². The smallest absolute Gasteiger partial charge is 0.164 e. The van der Waals surface area contributed by atoms with Crippen LogP contribution in [0.5, 0.6) is 0 Å². The molecular formula is C14H29NO5S2. The van der Waals surface area contributed by atoms with Crippen LogP contribution in [0.15, 0.2) is 0 Å². The van der Waals surface area contributed by atoms with Crippen LogP contribution >= 0.6 is 11.8 Å². The van der Waals surface area contributed by atoms with Crippen molar-refractivity contribution in [3.8, 4) is 0 Å². The summed E-state index contributed by atoms with van der Waals surface area (Å²) in [6, 6.07) is 0. The number of sulfone groups is 1. The molecule has 1 N–H and O–H groups in total. The molecule has 0 aliphatic carbocycles. The lowest BCUT2D eigenvalue weighted by molar-refractivity contribution is 0.0692. The largest absolute Gasteiger partial charge is 0.381 e. The summed E-state index contributed by atoms with van der Waals surface area (Å²) in [6.07, 6.45) is 5.48. The van der Waals surface area contributed by atoms with Crippen molar-refractivity contribution in [3.63, 3.8) is 0 Å². The Labute approximate surface area is 138 Å². The molecule has 4 fully saturated rings. The summed E-state index contributed by atoms with van der Waals surface area (Å²) in [6.45, 7) is 4.68. The van der Waals surface area contributed by atoms with E-state index in [0.717, 1.165) is 26.4 Å². The summed E-state index contributed by atoms with van der Waals surface area (Å²) >= 11 is 2.07. The van der Waals surface area contributed by atoms with Gasteiger partial charge in [0.25, 0.3) is 0 Å². The maximum atomic E-state index is 10.4. The average Bonchev–Trinajstić information content (AvgIpc) is 3.30. The van der Waals surface area contributed by atoms with Crippen LogP contribution in [-0.2, 0) is 24.0 Å². The SMILES string of the molecule is C1CCOC1.C1CCSC1.C1COCO1.O=S1(=O)CCNC1. The zero-order valence-electron chi connectivity index (χ0n) is 13.3. The molecule has 0 amide bonds. The van der Waals surface area contributed by atoms with Crippen molar-refractivity contribution in [2.45, 2.75) is 25.7 Å². The lowest BCUT2D eigenvalue weighted by atomic mass is 10.4. The van der Waals surface area contributed by atoms with Crippen molar-refractivity contribution in [2.75, 3.05) is 62.9 Å². The molecule has 4 heterocycles. The van der Waals surface area contributed by atoms with Crippen LogP contribution in [0, 0.1) is 0 Å². The Balaban J connectivity index is 0.000000148. The molecule has 0 aromatic rings. The van der Waals surface area contributed by atoms with Gasteiger partial charge in [-0.25, -0.2) is 8.42 Å². The zero-order valence-corrected chi connectivity index (χ0v) is 14.9. The van der Waals surface area contributed by atoms with Crippen LogP contribution in [0.3, 0.4) is 0 Å². The van der Waals surface area contributed by atoms with Gasteiger partial charge in [-0.05, 0) is 37.2 Å². The van der Waals surface area contributed by atoms with E-state index >= 15 is 0 Å². The number of ether oxygens (including phenoxy) is 3. The van der Waals surface area contributed by atoms with Gasteiger partial charge in [-0.1, -0.05) is 0 Å². The second-order valence-electron chi connectivity index (χ2n) is 5.17. The summed E-state index contributed by atoms with van der Waals surface area (Å²) in [5.74, 6) is 3.32. The number of hydrogen-bond acceptors (Lipinski definition) is 7. The van der Waals surface area contributed by atoms with Crippen LogP contribution < -0.4 is 5.32 Å². The molecule has 0 radical (unpaired) electrons. The molecule has 132 valence electrons. The molecule has 22 heavy (non-hydrogen) atoms. The Hall–Kier alpha value is 0.140. The van der Waals surface area contributed by atoms with Gasteiger partial charge in [0.1, 0.15) is 6.79 Å². The topological polar surface area (TPSA) is 73.9 Å². The van der Waals surface area contributed by atoms with E-state index in [9.17, 15) is 8.42 Å². The molecule has 8 heteroatoms. The quantitative estimate of drug-likeness (QED) is 0.701. The molecule has 0 saturated carbocycles. The molecular weight excluding hydrogens is 326 g/mol. The minimum absolute atomic E-state index is 0.174. The van der Waals surface area contributed by atoms with Crippen LogP contribution in [0.1, 0.15) is 25.7 Å². The standard InChI is InChI=1S/C4H8O.C4H8S.C3H7NO2S.C3H6O2/c2*1-2-4-5-3-1;5-7(6)2-1-4-3-7;1-2-5-3-4-1/h2*1-4H2;4H,1-3H2;1-3H2. The first-order valence-electron chi connectivity index (χ1n) is 7.93. The van der Waals surface area contributed by atoms with Crippen LogP contribution in [0.25, 0.3) is 0 Å². The third-order valence-corrected chi connectivity index (χ3v) is 5.73. The number of hydrogen-bond donors (Lipinski definition) is 1. The Morgan fingerprint density at radius 2 is 1.45 bits per heavy atom. The average molecular weight is 356 g/mol. The molecule has 4 aliphatic heterocycles. The second kappa shape index (κ2) is 13.6. The van der Waals surface area contributed by atoms with Gasteiger partial charge < -0.3 is 19.5 Å². The van der Waals surface area contributed by atoms with E-state index in [2.05, 4.69) is 17.1 Å². The van der Waals surface area contributed by atoms with E-state index in [4.69, 9.17) is 14.2 Å². The lowest BCUT2D eigenvalue weighted by Gasteiger charge is -1.81. The fourth-order valence-electron chi connectivity index (χ4n) is 1.84. The molecule has 6 nitrogen and oxygen atoms in total. The molecule has 4 rings (SSSR count). The summed E-state index contributed by atoms with van der Waals surface area (Å²) in [7, 11) is -2.66. The molecule has 4 saturated heterocycles. The first kappa shape index (κ1) is 20.2. The molecule has 0 spiro atoms. The fraction of sp³-hybridized carbons (Fsp3) is 1.00. The highest BCUT2D eigenvalue weighted by Crippen LogP contribution is 2.14. The molecule has 0 aromatic carbocycles. The van der Waals surface area contributed by atoms with Crippen LogP contribution in [0.4, 0.5) is 0 Å². The highest BCUT2D eigenvalue weighted by atomic mass is 32.2. The van der Waals surface area contributed by atoms with Crippen molar-refractivity contribution in [2.24, 2.45) is 0 Å². The molecule has 0 bridgehead atoms. The van der Waals surface area contributed by atoms with Crippen molar-refractivity contribution >= 4 is 21.6 Å². The maximum absolute atomic E-state index is 10.4. The molecule has 4 aliphatic rings. The first-order chi connectivity index (χ1) is 10.7. The maximum Gasteiger partial charge on any atom is 0.164 e. The predicted molar refractivity (Wildman–Crippen MR) is 90.0 cm³/mol. The highest BCUT2D eigenvalue weighted by molar-refractivity contribution is 7.99. The predicted octanol–water partition coefficient (Wildman–Crippen LogP) is 1.26. The van der Waals surface area contributed by atoms with Crippen LogP contribution in [-0.4, -0.2) is 71.3 Å². The minimum atomic E-state index is -2.66. The minimum Gasteiger partial charge on any atom is -0.381 e. The van der Waals surface area contributed by atoms with Crippen molar-refractivity contribution in [3.05, 3.63) is 0 Å². The van der Waals surface area contributed by atoms with E-state index in [1.165, 1.54) is 37.2 Å². The van der Waals surface area contributed by atoms with E-state index < -0.39 is 9.84 Å². The first-order valence-corrected chi connectivity index (χ1v) is 10.9. The monoisotopic (exact) mass is 355 g/mol. The zero-order chi connectivity index (χ0) is 15.9. The van der Waals surface area contributed by atoms with Crippen molar-refractivity contribution in [1.82, 2.24) is 5.32 Å². The molecule has 0 aromatic heterocycles.